The van der Waals surface area contributed by atoms with E-state index in [1.54, 1.807) is 0 Å². The molecule has 1 aromatic carbocycles. The molecule has 0 amide bonds. The molecular weight excluding hydrogens is 250 g/mol. The molecule has 1 aliphatic carbocycles. The van der Waals surface area contributed by atoms with Crippen LogP contribution in [0.4, 0.5) is 0 Å². The molecule has 2 aliphatic rings. The lowest BCUT2D eigenvalue weighted by atomic mass is 9.92. The van der Waals surface area contributed by atoms with Crippen molar-refractivity contribution >= 4 is 15.9 Å². The highest BCUT2D eigenvalue weighted by molar-refractivity contribution is 9.10. The van der Waals surface area contributed by atoms with Gasteiger partial charge in [0.25, 0.3) is 0 Å². The Bertz CT molecular complexity index is 369. The van der Waals surface area contributed by atoms with Gasteiger partial charge in [0.15, 0.2) is 0 Å². The van der Waals surface area contributed by atoms with Gasteiger partial charge in [0.1, 0.15) is 0 Å². The van der Waals surface area contributed by atoms with Gasteiger partial charge in [0, 0.05) is 17.1 Å². The Kier molecular flexibility index (Phi) is 2.57. The van der Waals surface area contributed by atoms with E-state index in [2.05, 4.69) is 39.4 Å². The summed E-state index contributed by atoms with van der Waals surface area (Å²) in [6.45, 7) is 1.05. The molecule has 1 nitrogen and oxygen atoms in total. The monoisotopic (exact) mass is 265 g/mol. The van der Waals surface area contributed by atoms with Gasteiger partial charge >= 0.3 is 0 Å². The molecule has 1 aliphatic heterocycles. The molecule has 1 N–H and O–H groups in total. The lowest BCUT2D eigenvalue weighted by Crippen LogP contribution is -2.20. The van der Waals surface area contributed by atoms with E-state index in [9.17, 15) is 0 Å². The Labute approximate surface area is 99.4 Å². The molecule has 0 spiro atoms. The summed E-state index contributed by atoms with van der Waals surface area (Å²) in [5.41, 5.74) is 3.02. The Morgan fingerprint density at radius 3 is 2.80 bits per heavy atom. The number of hydrogen-bond acceptors (Lipinski definition) is 1. The van der Waals surface area contributed by atoms with Crippen molar-refractivity contribution in [2.45, 2.75) is 38.3 Å². The molecule has 0 saturated heterocycles. The van der Waals surface area contributed by atoms with E-state index in [0.29, 0.717) is 6.04 Å². The average Bonchev–Trinajstić information content (AvgIpc) is 2.85. The van der Waals surface area contributed by atoms with Crippen molar-refractivity contribution in [3.05, 3.63) is 33.8 Å². The van der Waals surface area contributed by atoms with Gasteiger partial charge < -0.3 is 5.32 Å². The molecule has 2 heteroatoms. The molecule has 0 bridgehead atoms. The highest BCUT2D eigenvalue weighted by Gasteiger charge is 2.32. The summed E-state index contributed by atoms with van der Waals surface area (Å²) in [5.74, 6) is 0.866. The second kappa shape index (κ2) is 3.91. The van der Waals surface area contributed by atoms with Gasteiger partial charge in [-0.25, -0.2) is 0 Å². The van der Waals surface area contributed by atoms with Gasteiger partial charge in [-0.15, -0.1) is 0 Å². The van der Waals surface area contributed by atoms with Crippen LogP contribution < -0.4 is 5.32 Å². The summed E-state index contributed by atoms with van der Waals surface area (Å²) >= 11 is 3.69. The third-order valence-electron chi connectivity index (χ3n) is 3.84. The molecule has 1 atom stereocenters. The Morgan fingerprint density at radius 1 is 1.20 bits per heavy atom. The second-order valence-electron chi connectivity index (χ2n) is 4.72. The number of nitrogens with one attached hydrogen (secondary N) is 1. The van der Waals surface area contributed by atoms with Crippen LogP contribution in [0.25, 0.3) is 0 Å². The topological polar surface area (TPSA) is 12.0 Å². The van der Waals surface area contributed by atoms with Crippen LogP contribution in [0.2, 0.25) is 0 Å². The Morgan fingerprint density at radius 2 is 2.00 bits per heavy atom. The summed E-state index contributed by atoms with van der Waals surface area (Å²) in [6.07, 6.45) is 5.64. The Hall–Kier alpha value is -0.340. The van der Waals surface area contributed by atoms with Gasteiger partial charge in [-0.05, 0) is 36.0 Å². The lowest BCUT2D eigenvalue weighted by molar-refractivity contribution is 0.389. The van der Waals surface area contributed by atoms with Crippen LogP contribution in [0, 0.1) is 5.92 Å². The largest absolute Gasteiger partial charge is 0.306 e. The third-order valence-corrected chi connectivity index (χ3v) is 4.53. The van der Waals surface area contributed by atoms with Crippen LogP contribution in [0.15, 0.2) is 22.7 Å². The maximum absolute atomic E-state index is 3.69. The summed E-state index contributed by atoms with van der Waals surface area (Å²) < 4.78 is 1.29. The normalized spacial score (nSPS) is 25.8. The second-order valence-corrected chi connectivity index (χ2v) is 5.57. The van der Waals surface area contributed by atoms with Gasteiger partial charge in [-0.2, -0.15) is 0 Å². The number of benzene rings is 1. The predicted octanol–water partition coefficient (Wildman–Crippen LogP) is 3.78. The van der Waals surface area contributed by atoms with Crippen LogP contribution in [-0.2, 0) is 6.54 Å². The van der Waals surface area contributed by atoms with Crippen LogP contribution in [0.5, 0.6) is 0 Å². The minimum absolute atomic E-state index is 0.609. The smallest absolute Gasteiger partial charge is 0.0366 e. The van der Waals surface area contributed by atoms with Gasteiger partial charge in [-0.1, -0.05) is 40.9 Å². The van der Waals surface area contributed by atoms with Crippen molar-refractivity contribution in [2.75, 3.05) is 0 Å². The predicted molar refractivity (Wildman–Crippen MR) is 65.7 cm³/mol. The molecule has 1 fully saturated rings. The molecule has 15 heavy (non-hydrogen) atoms. The standard InChI is InChI=1S/C13H16BrN/c14-11-7-3-6-10-8-15-13(12(10)11)9-4-1-2-5-9/h3,6-7,9,13,15H,1-2,4-5,8H2. The highest BCUT2D eigenvalue weighted by atomic mass is 79.9. The van der Waals surface area contributed by atoms with Crippen LogP contribution in [0.3, 0.4) is 0 Å². The first-order chi connectivity index (χ1) is 7.36. The van der Waals surface area contributed by atoms with Crippen LogP contribution in [-0.4, -0.2) is 0 Å². The van der Waals surface area contributed by atoms with E-state index in [4.69, 9.17) is 0 Å². The summed E-state index contributed by atoms with van der Waals surface area (Å²) in [5, 5.41) is 3.67. The van der Waals surface area contributed by atoms with Crippen molar-refractivity contribution in [1.29, 1.82) is 0 Å². The van der Waals surface area contributed by atoms with Crippen molar-refractivity contribution in [2.24, 2.45) is 5.92 Å². The number of hydrogen-bond donors (Lipinski definition) is 1. The first kappa shape index (κ1) is 9.86. The fourth-order valence-electron chi connectivity index (χ4n) is 3.10. The molecule has 1 unspecified atom stereocenters. The van der Waals surface area contributed by atoms with E-state index >= 15 is 0 Å². The minimum atomic E-state index is 0.609. The van der Waals surface area contributed by atoms with Crippen molar-refractivity contribution in [3.63, 3.8) is 0 Å². The SMILES string of the molecule is Brc1cccc2c1C(C1CCCC1)NC2. The van der Waals surface area contributed by atoms with E-state index in [1.165, 1.54) is 41.3 Å². The molecule has 80 valence electrons. The first-order valence-corrected chi connectivity index (χ1v) is 6.66. The fraction of sp³-hybridized carbons (Fsp3) is 0.538. The zero-order chi connectivity index (χ0) is 10.3. The zero-order valence-electron chi connectivity index (χ0n) is 8.80. The number of rotatable bonds is 1. The maximum atomic E-state index is 3.69. The molecule has 1 saturated carbocycles. The summed E-state index contributed by atoms with van der Waals surface area (Å²) in [6, 6.07) is 7.18. The third kappa shape index (κ3) is 1.64. The molecule has 0 aromatic heterocycles. The summed E-state index contributed by atoms with van der Waals surface area (Å²) in [7, 11) is 0. The number of halogens is 1. The fourth-order valence-corrected chi connectivity index (χ4v) is 3.75. The first-order valence-electron chi connectivity index (χ1n) is 5.87. The van der Waals surface area contributed by atoms with Crippen LogP contribution >= 0.6 is 15.9 Å². The molecule has 1 aromatic rings. The van der Waals surface area contributed by atoms with Crippen LogP contribution in [0.1, 0.15) is 42.9 Å². The van der Waals surface area contributed by atoms with Crippen molar-refractivity contribution < 1.29 is 0 Å². The van der Waals surface area contributed by atoms with E-state index < -0.39 is 0 Å². The molecule has 3 rings (SSSR count). The van der Waals surface area contributed by atoms with E-state index in [1.807, 2.05) is 0 Å². The Balaban J connectivity index is 1.96. The average molecular weight is 266 g/mol. The maximum Gasteiger partial charge on any atom is 0.0366 e. The molecule has 0 radical (unpaired) electrons. The number of fused-ring (bicyclic) bond motifs is 1. The van der Waals surface area contributed by atoms with Crippen molar-refractivity contribution in [3.8, 4) is 0 Å². The highest BCUT2D eigenvalue weighted by Crippen LogP contribution is 2.42. The van der Waals surface area contributed by atoms with Gasteiger partial charge in [0.05, 0.1) is 0 Å². The lowest BCUT2D eigenvalue weighted by Gasteiger charge is -2.20. The molecular formula is C13H16BrN. The minimum Gasteiger partial charge on any atom is -0.306 e. The van der Waals surface area contributed by atoms with Gasteiger partial charge in [-0.3, -0.25) is 0 Å². The zero-order valence-corrected chi connectivity index (χ0v) is 10.4. The van der Waals surface area contributed by atoms with Gasteiger partial charge in [0.2, 0.25) is 0 Å². The van der Waals surface area contributed by atoms with E-state index in [0.717, 1.165) is 12.5 Å². The molecule has 1 heterocycles. The van der Waals surface area contributed by atoms with E-state index in [-0.39, 0.29) is 0 Å². The van der Waals surface area contributed by atoms with Crippen molar-refractivity contribution in [1.82, 2.24) is 5.32 Å². The summed E-state index contributed by atoms with van der Waals surface area (Å²) in [4.78, 5) is 0. The quantitative estimate of drug-likeness (QED) is 0.815.